The lowest BCUT2D eigenvalue weighted by molar-refractivity contribution is -0.144. The highest BCUT2D eigenvalue weighted by atomic mass is 16.6. The highest BCUT2D eigenvalue weighted by Gasteiger charge is 2.25. The average molecular weight is 311 g/mol. The summed E-state index contributed by atoms with van der Waals surface area (Å²) in [5.41, 5.74) is 1.22. The van der Waals surface area contributed by atoms with Crippen molar-refractivity contribution in [2.45, 2.75) is 18.9 Å². The predicted octanol–water partition coefficient (Wildman–Crippen LogP) is 3.02. The molecule has 1 atom stereocenters. The highest BCUT2D eigenvalue weighted by Crippen LogP contribution is 2.19. The van der Waals surface area contributed by atoms with E-state index in [1.165, 1.54) is 0 Å². The molecule has 0 aromatic heterocycles. The first kappa shape index (κ1) is 15.2. The van der Waals surface area contributed by atoms with Crippen LogP contribution in [-0.2, 0) is 9.53 Å². The molecule has 2 aromatic rings. The summed E-state index contributed by atoms with van der Waals surface area (Å²) in [6.45, 7) is 0.601. The molecule has 1 amide bonds. The summed E-state index contributed by atoms with van der Waals surface area (Å²) >= 11 is 0. The standard InChI is InChI=1S/C18H17NO4/c20-17(13-5-2-1-3-6-13)19-14-8-10-15(11-9-14)23-18(21)16-7-4-12-22-16/h1-3,5-6,8-11,16H,4,7,12H2,(H,19,20). The van der Waals surface area contributed by atoms with Gasteiger partial charge in [0.15, 0.2) is 6.10 Å². The summed E-state index contributed by atoms with van der Waals surface area (Å²) in [4.78, 5) is 23.9. The first-order valence-electron chi connectivity index (χ1n) is 7.52. The molecular weight excluding hydrogens is 294 g/mol. The van der Waals surface area contributed by atoms with Crippen LogP contribution in [0.1, 0.15) is 23.2 Å². The van der Waals surface area contributed by atoms with Crippen LogP contribution in [0.3, 0.4) is 0 Å². The third-order valence-electron chi connectivity index (χ3n) is 3.56. The molecular formula is C18H17NO4. The van der Waals surface area contributed by atoms with Crippen LogP contribution in [0.4, 0.5) is 5.69 Å². The van der Waals surface area contributed by atoms with Crippen molar-refractivity contribution in [1.82, 2.24) is 0 Å². The van der Waals surface area contributed by atoms with Crippen molar-refractivity contribution in [3.05, 3.63) is 60.2 Å². The third kappa shape index (κ3) is 3.96. The van der Waals surface area contributed by atoms with Crippen molar-refractivity contribution in [2.75, 3.05) is 11.9 Å². The van der Waals surface area contributed by atoms with E-state index in [0.29, 0.717) is 30.0 Å². The van der Waals surface area contributed by atoms with Gasteiger partial charge in [0.2, 0.25) is 0 Å². The van der Waals surface area contributed by atoms with E-state index in [-0.39, 0.29) is 11.9 Å². The lowest BCUT2D eigenvalue weighted by Crippen LogP contribution is -2.24. The smallest absolute Gasteiger partial charge is 0.340 e. The van der Waals surface area contributed by atoms with Crippen LogP contribution < -0.4 is 10.1 Å². The van der Waals surface area contributed by atoms with Gasteiger partial charge >= 0.3 is 5.97 Å². The SMILES string of the molecule is O=C(Nc1ccc(OC(=O)C2CCCO2)cc1)c1ccccc1. The van der Waals surface area contributed by atoms with Gasteiger partial charge in [-0.1, -0.05) is 18.2 Å². The molecule has 0 saturated carbocycles. The van der Waals surface area contributed by atoms with Gasteiger partial charge in [-0.3, -0.25) is 4.79 Å². The zero-order chi connectivity index (χ0) is 16.1. The van der Waals surface area contributed by atoms with Crippen molar-refractivity contribution in [3.63, 3.8) is 0 Å². The van der Waals surface area contributed by atoms with Crippen molar-refractivity contribution in [2.24, 2.45) is 0 Å². The number of hydrogen-bond acceptors (Lipinski definition) is 4. The minimum Gasteiger partial charge on any atom is -0.425 e. The fourth-order valence-corrected chi connectivity index (χ4v) is 2.34. The molecule has 2 aromatic carbocycles. The number of carbonyl (C=O) groups is 2. The lowest BCUT2D eigenvalue weighted by atomic mass is 10.2. The molecule has 1 heterocycles. The quantitative estimate of drug-likeness (QED) is 0.696. The van der Waals surface area contributed by atoms with Crippen molar-refractivity contribution in [1.29, 1.82) is 0 Å². The van der Waals surface area contributed by atoms with Gasteiger partial charge in [0.05, 0.1) is 0 Å². The fourth-order valence-electron chi connectivity index (χ4n) is 2.34. The summed E-state index contributed by atoms with van der Waals surface area (Å²) < 4.78 is 10.5. The molecule has 5 heteroatoms. The van der Waals surface area contributed by atoms with Crippen molar-refractivity contribution in [3.8, 4) is 5.75 Å². The second kappa shape index (κ2) is 7.07. The van der Waals surface area contributed by atoms with E-state index in [0.717, 1.165) is 6.42 Å². The van der Waals surface area contributed by atoms with Crippen LogP contribution in [0.5, 0.6) is 5.75 Å². The molecule has 0 aliphatic carbocycles. The Labute approximate surface area is 134 Å². The van der Waals surface area contributed by atoms with Crippen molar-refractivity contribution >= 4 is 17.6 Å². The summed E-state index contributed by atoms with van der Waals surface area (Å²) in [6.07, 6.45) is 1.11. The molecule has 1 fully saturated rings. The number of benzene rings is 2. The van der Waals surface area contributed by atoms with E-state index in [1.54, 1.807) is 36.4 Å². The number of hydrogen-bond donors (Lipinski definition) is 1. The molecule has 0 radical (unpaired) electrons. The van der Waals surface area contributed by atoms with Crippen LogP contribution in [0.25, 0.3) is 0 Å². The van der Waals surface area contributed by atoms with Crippen LogP contribution in [-0.4, -0.2) is 24.6 Å². The molecule has 1 aliphatic heterocycles. The Hall–Kier alpha value is -2.66. The molecule has 118 valence electrons. The summed E-state index contributed by atoms with van der Waals surface area (Å²) in [5, 5.41) is 2.79. The Morgan fingerprint density at radius 1 is 1.04 bits per heavy atom. The first-order chi connectivity index (χ1) is 11.2. The van der Waals surface area contributed by atoms with Gasteiger partial charge in [-0.25, -0.2) is 4.79 Å². The minimum absolute atomic E-state index is 0.185. The van der Waals surface area contributed by atoms with Crippen LogP contribution >= 0.6 is 0 Å². The Morgan fingerprint density at radius 2 is 1.78 bits per heavy atom. The maximum Gasteiger partial charge on any atom is 0.340 e. The van der Waals surface area contributed by atoms with Gasteiger partial charge in [0.1, 0.15) is 5.75 Å². The van der Waals surface area contributed by atoms with Crippen LogP contribution in [0.15, 0.2) is 54.6 Å². The fraction of sp³-hybridized carbons (Fsp3) is 0.222. The number of rotatable bonds is 4. The minimum atomic E-state index is -0.465. The lowest BCUT2D eigenvalue weighted by Gasteiger charge is -2.10. The van der Waals surface area contributed by atoms with Crippen LogP contribution in [0, 0.1) is 0 Å². The maximum atomic E-state index is 12.0. The maximum absolute atomic E-state index is 12.0. The second-order valence-electron chi connectivity index (χ2n) is 5.27. The summed E-state index contributed by atoms with van der Waals surface area (Å²) in [5.74, 6) is -0.124. The number of amides is 1. The molecule has 1 aliphatic rings. The molecule has 0 spiro atoms. The molecule has 1 unspecified atom stereocenters. The van der Waals surface area contributed by atoms with E-state index < -0.39 is 6.10 Å². The van der Waals surface area contributed by atoms with Gasteiger partial charge in [-0.05, 0) is 49.2 Å². The van der Waals surface area contributed by atoms with E-state index in [4.69, 9.17) is 9.47 Å². The zero-order valence-corrected chi connectivity index (χ0v) is 12.5. The first-order valence-corrected chi connectivity index (χ1v) is 7.52. The van der Waals surface area contributed by atoms with E-state index >= 15 is 0 Å². The van der Waals surface area contributed by atoms with Gasteiger partial charge in [0.25, 0.3) is 5.91 Å². The molecule has 23 heavy (non-hydrogen) atoms. The van der Waals surface area contributed by atoms with Gasteiger partial charge in [-0.2, -0.15) is 0 Å². The molecule has 1 saturated heterocycles. The summed E-state index contributed by atoms with van der Waals surface area (Å²) in [6, 6.07) is 15.6. The number of carbonyl (C=O) groups excluding carboxylic acids is 2. The van der Waals surface area contributed by atoms with Crippen molar-refractivity contribution < 1.29 is 19.1 Å². The third-order valence-corrected chi connectivity index (χ3v) is 3.56. The number of esters is 1. The van der Waals surface area contributed by atoms with E-state index in [2.05, 4.69) is 5.32 Å². The Kier molecular flexibility index (Phi) is 4.68. The summed E-state index contributed by atoms with van der Waals surface area (Å²) in [7, 11) is 0. The van der Waals surface area contributed by atoms with E-state index in [9.17, 15) is 9.59 Å². The second-order valence-corrected chi connectivity index (χ2v) is 5.27. The van der Waals surface area contributed by atoms with Gasteiger partial charge in [0, 0.05) is 17.9 Å². The largest absolute Gasteiger partial charge is 0.425 e. The Balaban J connectivity index is 1.58. The predicted molar refractivity (Wildman–Crippen MR) is 85.4 cm³/mol. The molecule has 3 rings (SSSR count). The van der Waals surface area contributed by atoms with E-state index in [1.807, 2.05) is 18.2 Å². The molecule has 1 N–H and O–H groups in total. The normalized spacial score (nSPS) is 16.8. The van der Waals surface area contributed by atoms with Crippen LogP contribution in [0.2, 0.25) is 0 Å². The number of nitrogens with one attached hydrogen (secondary N) is 1. The molecule has 0 bridgehead atoms. The topological polar surface area (TPSA) is 64.6 Å². The van der Waals surface area contributed by atoms with Gasteiger partial charge in [-0.15, -0.1) is 0 Å². The Bertz CT molecular complexity index is 676. The highest BCUT2D eigenvalue weighted by molar-refractivity contribution is 6.04. The average Bonchev–Trinajstić information content (AvgIpc) is 3.12. The number of anilines is 1. The van der Waals surface area contributed by atoms with Gasteiger partial charge < -0.3 is 14.8 Å². The Morgan fingerprint density at radius 3 is 2.43 bits per heavy atom. The monoisotopic (exact) mass is 311 g/mol. The molecule has 5 nitrogen and oxygen atoms in total. The zero-order valence-electron chi connectivity index (χ0n) is 12.5. The number of ether oxygens (including phenoxy) is 2.